The molecule has 4 heteroatoms. The number of amides is 1. The zero-order chi connectivity index (χ0) is 6.57. The molecule has 0 aliphatic rings. The van der Waals surface area contributed by atoms with Gasteiger partial charge in [0, 0.05) is 14.1 Å². The van der Waals surface area contributed by atoms with Crippen molar-refractivity contribution in [1.82, 2.24) is 4.90 Å². The molecule has 0 spiro atoms. The largest absolute Gasteiger partial charge is 0.348 e. The van der Waals surface area contributed by atoms with E-state index in [2.05, 4.69) is 0 Å². The number of carbonyl (C=O) groups is 1. The highest BCUT2D eigenvalue weighted by Gasteiger charge is 2.00. The summed E-state index contributed by atoms with van der Waals surface area (Å²) in [7, 11) is 3.16. The lowest BCUT2D eigenvalue weighted by atomic mass is 10.6. The Morgan fingerprint density at radius 3 is 2.25 bits per heavy atom. The van der Waals surface area contributed by atoms with Crippen molar-refractivity contribution in [2.75, 3.05) is 20.3 Å². The Morgan fingerprint density at radius 1 is 1.62 bits per heavy atom. The van der Waals surface area contributed by atoms with Crippen molar-refractivity contribution in [3.05, 3.63) is 0 Å². The van der Waals surface area contributed by atoms with E-state index >= 15 is 0 Å². The fraction of sp³-hybridized carbons (Fsp3) is 0.750. The first-order chi connectivity index (χ1) is 3.68. The lowest BCUT2D eigenvalue weighted by Gasteiger charge is -2.04. The maximum Gasteiger partial charge on any atom is 0.233 e. The minimum absolute atomic E-state index is 0.0903. The number of carbonyl (C=O) groups excluding carboxylic acids is 1. The van der Waals surface area contributed by atoms with Gasteiger partial charge in [0.25, 0.3) is 0 Å². The van der Waals surface area contributed by atoms with Gasteiger partial charge < -0.3 is 4.90 Å². The highest BCUT2D eigenvalue weighted by molar-refractivity contribution is 7.25. The average molecular weight is 133 g/mol. The molecule has 0 bridgehead atoms. The van der Waals surface area contributed by atoms with Gasteiger partial charge in [-0.05, 0) is 0 Å². The first-order valence-electron chi connectivity index (χ1n) is 2.17. The summed E-state index contributed by atoms with van der Waals surface area (Å²) in [6.45, 7) is 0. The van der Waals surface area contributed by atoms with E-state index in [-0.39, 0.29) is 20.5 Å². The van der Waals surface area contributed by atoms with Gasteiger partial charge in [0.2, 0.25) is 5.91 Å². The molecule has 0 aliphatic carbocycles. The molecule has 1 amide bonds. The van der Waals surface area contributed by atoms with Gasteiger partial charge in [-0.25, -0.2) is 0 Å². The summed E-state index contributed by atoms with van der Waals surface area (Å²) in [5.41, 5.74) is 0. The van der Waals surface area contributed by atoms with Crippen molar-refractivity contribution in [3.63, 3.8) is 0 Å². The van der Waals surface area contributed by atoms with Gasteiger partial charge in [-0.1, -0.05) is 0 Å². The summed E-state index contributed by atoms with van der Waals surface area (Å²) in [4.78, 5) is 11.9. The van der Waals surface area contributed by atoms with Crippen LogP contribution in [0.5, 0.6) is 0 Å². The Kier molecular flexibility index (Phi) is 3.37. The van der Waals surface area contributed by atoms with Crippen molar-refractivity contribution in [2.45, 2.75) is 0 Å². The zero-order valence-electron chi connectivity index (χ0n) is 4.92. The van der Waals surface area contributed by atoms with Gasteiger partial charge in [-0.2, -0.15) is 0 Å². The topological polar surface area (TPSA) is 37.4 Å². The van der Waals surface area contributed by atoms with Crippen LogP contribution in [0.3, 0.4) is 0 Å². The first kappa shape index (κ1) is 7.57. The van der Waals surface area contributed by atoms with Crippen LogP contribution in [-0.2, 0) is 9.36 Å². The molecular weight excluding hydrogens is 125 g/mol. The SMILES string of the molecule is CN(C)C(=O)CP=O. The van der Waals surface area contributed by atoms with Crippen molar-refractivity contribution in [2.24, 2.45) is 0 Å². The highest BCUT2D eigenvalue weighted by Crippen LogP contribution is 1.91. The molecule has 0 aromatic heterocycles. The molecule has 0 saturated heterocycles. The second kappa shape index (κ2) is 3.56. The van der Waals surface area contributed by atoms with Crippen molar-refractivity contribution >= 4 is 14.4 Å². The number of hydrogen-bond donors (Lipinski definition) is 0. The van der Waals surface area contributed by atoms with E-state index in [0.29, 0.717) is 0 Å². The standard InChI is InChI=1S/C4H8NO2P/c1-5(2)4(6)3-8-7/h3H2,1-2H3. The fourth-order valence-corrected chi connectivity index (χ4v) is 0.590. The van der Waals surface area contributed by atoms with Crippen LogP contribution in [0.25, 0.3) is 0 Å². The van der Waals surface area contributed by atoms with Gasteiger partial charge >= 0.3 is 0 Å². The smallest absolute Gasteiger partial charge is 0.233 e. The Labute approximate surface area is 49.9 Å². The van der Waals surface area contributed by atoms with E-state index in [1.807, 2.05) is 0 Å². The molecule has 0 radical (unpaired) electrons. The Morgan fingerprint density at radius 2 is 2.12 bits per heavy atom. The number of hydrogen-bond acceptors (Lipinski definition) is 2. The Balaban J connectivity index is 3.48. The molecule has 8 heavy (non-hydrogen) atoms. The second-order valence-electron chi connectivity index (χ2n) is 1.58. The maximum absolute atomic E-state index is 10.5. The van der Waals surface area contributed by atoms with Crippen LogP contribution >= 0.6 is 8.46 Å². The maximum atomic E-state index is 10.5. The summed E-state index contributed by atoms with van der Waals surface area (Å²) in [5.74, 6) is -0.110. The summed E-state index contributed by atoms with van der Waals surface area (Å²) < 4.78 is 9.77. The van der Waals surface area contributed by atoms with E-state index in [4.69, 9.17) is 0 Å². The van der Waals surface area contributed by atoms with Crippen LogP contribution in [0.2, 0.25) is 0 Å². The highest BCUT2D eigenvalue weighted by atomic mass is 31.1. The molecule has 46 valence electrons. The van der Waals surface area contributed by atoms with Crippen molar-refractivity contribution in [1.29, 1.82) is 0 Å². The molecule has 0 saturated carbocycles. The van der Waals surface area contributed by atoms with Gasteiger partial charge in [-0.3, -0.25) is 9.36 Å². The molecule has 3 nitrogen and oxygen atoms in total. The molecule has 0 rings (SSSR count). The minimum Gasteiger partial charge on any atom is -0.348 e. The summed E-state index contributed by atoms with van der Waals surface area (Å²) in [6, 6.07) is 0. The summed E-state index contributed by atoms with van der Waals surface area (Å²) >= 11 is 0. The van der Waals surface area contributed by atoms with Crippen molar-refractivity contribution < 1.29 is 9.36 Å². The molecule has 0 N–H and O–H groups in total. The third-order valence-corrected chi connectivity index (χ3v) is 1.10. The predicted octanol–water partition coefficient (Wildman–Crippen LogP) is 0.366. The third-order valence-electron chi connectivity index (χ3n) is 0.699. The number of rotatable bonds is 2. The monoisotopic (exact) mass is 133 g/mol. The molecule has 0 aromatic rings. The first-order valence-corrected chi connectivity index (χ1v) is 3.17. The van der Waals surface area contributed by atoms with Gasteiger partial charge in [-0.15, -0.1) is 0 Å². The van der Waals surface area contributed by atoms with Crippen LogP contribution < -0.4 is 0 Å². The van der Waals surface area contributed by atoms with E-state index in [0.717, 1.165) is 0 Å². The van der Waals surface area contributed by atoms with Crippen LogP contribution in [0.4, 0.5) is 0 Å². The van der Waals surface area contributed by atoms with E-state index in [1.165, 1.54) is 4.90 Å². The van der Waals surface area contributed by atoms with Gasteiger partial charge in [0.05, 0.1) is 0 Å². The lowest BCUT2D eigenvalue weighted by molar-refractivity contribution is -0.125. The molecule has 0 aromatic carbocycles. The normalized spacial score (nSPS) is 9.25. The van der Waals surface area contributed by atoms with E-state index < -0.39 is 0 Å². The van der Waals surface area contributed by atoms with Gasteiger partial charge in [0.1, 0.15) is 6.16 Å². The van der Waals surface area contributed by atoms with Crippen LogP contribution in [0.15, 0.2) is 0 Å². The fourth-order valence-electron chi connectivity index (χ4n) is 0.197. The molecular formula is C4H8NO2P. The van der Waals surface area contributed by atoms with E-state index in [9.17, 15) is 9.36 Å². The second-order valence-corrected chi connectivity index (χ2v) is 2.15. The molecule has 0 aliphatic heterocycles. The molecule has 0 atom stereocenters. The van der Waals surface area contributed by atoms with Crippen LogP contribution in [0, 0.1) is 0 Å². The van der Waals surface area contributed by atoms with Crippen molar-refractivity contribution in [3.8, 4) is 0 Å². The minimum atomic E-state index is -0.110. The van der Waals surface area contributed by atoms with E-state index in [1.54, 1.807) is 14.1 Å². The quantitative estimate of drug-likeness (QED) is 0.510. The summed E-state index contributed by atoms with van der Waals surface area (Å²) in [5, 5.41) is 0. The molecule has 0 heterocycles. The predicted molar refractivity (Wildman–Crippen MR) is 31.2 cm³/mol. The Hall–Kier alpha value is -0.430. The number of nitrogens with zero attached hydrogens (tertiary/aromatic N) is 1. The van der Waals surface area contributed by atoms with Crippen LogP contribution in [0.1, 0.15) is 0 Å². The summed E-state index contributed by atoms with van der Waals surface area (Å²) in [6.07, 6.45) is 0.0903. The van der Waals surface area contributed by atoms with Crippen LogP contribution in [-0.4, -0.2) is 31.1 Å². The lowest BCUT2D eigenvalue weighted by Crippen LogP contribution is -2.22. The average Bonchev–Trinajstić information content (AvgIpc) is 1.67. The zero-order valence-corrected chi connectivity index (χ0v) is 5.81. The molecule has 0 fully saturated rings. The Bertz CT molecular complexity index is 102. The third kappa shape index (κ3) is 2.69. The van der Waals surface area contributed by atoms with Gasteiger partial charge in [0.15, 0.2) is 8.46 Å². The molecule has 0 unspecified atom stereocenters.